The minimum Gasteiger partial charge on any atom is -0.493 e. The lowest BCUT2D eigenvalue weighted by Gasteiger charge is -2.09. The third-order valence-electron chi connectivity index (χ3n) is 2.04. The fourth-order valence-corrected chi connectivity index (χ4v) is 1.43. The van der Waals surface area contributed by atoms with E-state index in [2.05, 4.69) is 5.92 Å². The van der Waals surface area contributed by atoms with Gasteiger partial charge in [0.1, 0.15) is 5.75 Å². The lowest BCUT2D eigenvalue weighted by Crippen LogP contribution is -2.02. The Morgan fingerprint density at radius 1 is 1.56 bits per heavy atom. The summed E-state index contributed by atoms with van der Waals surface area (Å²) in [7, 11) is 0. The molecule has 0 bridgehead atoms. The predicted octanol–water partition coefficient (Wildman–Crippen LogP) is 3.33. The van der Waals surface area contributed by atoms with Gasteiger partial charge in [0.05, 0.1) is 12.2 Å². The predicted molar refractivity (Wildman–Crippen MR) is 65.0 cm³/mol. The quantitative estimate of drug-likeness (QED) is 0.445. The van der Waals surface area contributed by atoms with Gasteiger partial charge in [-0.25, -0.2) is 0 Å². The number of ketones is 1. The molecule has 16 heavy (non-hydrogen) atoms. The normalized spacial score (nSPS) is 9.56. The molecule has 1 aromatic carbocycles. The first-order chi connectivity index (χ1) is 7.65. The van der Waals surface area contributed by atoms with E-state index in [1.807, 2.05) is 0 Å². The molecule has 0 unspecified atom stereocenters. The highest BCUT2D eigenvalue weighted by atomic mass is 35.5. The van der Waals surface area contributed by atoms with Crippen LogP contribution in [0.3, 0.4) is 0 Å². The summed E-state index contributed by atoms with van der Waals surface area (Å²) in [6.07, 6.45) is 6.57. The van der Waals surface area contributed by atoms with Gasteiger partial charge in [0.25, 0.3) is 0 Å². The summed E-state index contributed by atoms with van der Waals surface area (Å²) in [6, 6.07) is 5.01. The van der Waals surface area contributed by atoms with Crippen LogP contribution >= 0.6 is 11.6 Å². The fraction of sp³-hybridized carbons (Fsp3) is 0.308. The van der Waals surface area contributed by atoms with E-state index >= 15 is 0 Å². The second-order valence-corrected chi connectivity index (χ2v) is 3.79. The molecule has 0 heterocycles. The van der Waals surface area contributed by atoms with Gasteiger partial charge in [-0.05, 0) is 31.5 Å². The standard InChI is InChI=1S/C13H13ClO2/c1-3-4-5-8-16-13-7-6-11(14)9-12(13)10(2)15/h1,6-7,9H,4-5,8H2,2H3. The molecule has 1 rings (SSSR count). The molecule has 0 saturated carbocycles. The fourth-order valence-electron chi connectivity index (χ4n) is 1.26. The summed E-state index contributed by atoms with van der Waals surface area (Å²) in [5.74, 6) is 3.04. The molecule has 0 saturated heterocycles. The molecule has 0 N–H and O–H groups in total. The van der Waals surface area contributed by atoms with Crippen LogP contribution < -0.4 is 4.74 Å². The first-order valence-electron chi connectivity index (χ1n) is 5.02. The number of terminal acetylenes is 1. The molecule has 0 aliphatic heterocycles. The topological polar surface area (TPSA) is 26.3 Å². The van der Waals surface area contributed by atoms with Crippen LogP contribution in [0.25, 0.3) is 0 Å². The Morgan fingerprint density at radius 2 is 2.31 bits per heavy atom. The number of unbranched alkanes of at least 4 members (excludes halogenated alkanes) is 1. The number of hydrogen-bond donors (Lipinski definition) is 0. The van der Waals surface area contributed by atoms with Crippen molar-refractivity contribution in [2.24, 2.45) is 0 Å². The molecule has 0 atom stereocenters. The average Bonchev–Trinajstić information content (AvgIpc) is 2.26. The van der Waals surface area contributed by atoms with Crippen LogP contribution in [0.5, 0.6) is 5.75 Å². The highest BCUT2D eigenvalue weighted by Gasteiger charge is 2.08. The maximum absolute atomic E-state index is 11.3. The van der Waals surface area contributed by atoms with Crippen LogP contribution in [0, 0.1) is 12.3 Å². The molecule has 3 heteroatoms. The van der Waals surface area contributed by atoms with Gasteiger partial charge in [0.15, 0.2) is 5.78 Å². The smallest absolute Gasteiger partial charge is 0.163 e. The zero-order valence-corrected chi connectivity index (χ0v) is 9.88. The summed E-state index contributed by atoms with van der Waals surface area (Å²) in [6.45, 7) is 1.99. The summed E-state index contributed by atoms with van der Waals surface area (Å²) in [5.41, 5.74) is 0.508. The second-order valence-electron chi connectivity index (χ2n) is 3.35. The molecule has 0 radical (unpaired) electrons. The van der Waals surface area contributed by atoms with E-state index in [1.165, 1.54) is 6.92 Å². The Labute approximate surface area is 101 Å². The van der Waals surface area contributed by atoms with Crippen LogP contribution in [0.15, 0.2) is 18.2 Å². The van der Waals surface area contributed by atoms with Crippen LogP contribution in [0.4, 0.5) is 0 Å². The van der Waals surface area contributed by atoms with Crippen molar-refractivity contribution in [1.29, 1.82) is 0 Å². The first kappa shape index (κ1) is 12.6. The van der Waals surface area contributed by atoms with Gasteiger partial charge in [-0.1, -0.05) is 11.6 Å². The highest BCUT2D eigenvalue weighted by Crippen LogP contribution is 2.23. The van der Waals surface area contributed by atoms with Gasteiger partial charge in [-0.15, -0.1) is 12.3 Å². The van der Waals surface area contributed by atoms with E-state index in [1.54, 1.807) is 18.2 Å². The monoisotopic (exact) mass is 236 g/mol. The maximum atomic E-state index is 11.3. The molecule has 0 amide bonds. The number of benzene rings is 1. The van der Waals surface area contributed by atoms with Crippen molar-refractivity contribution in [3.63, 3.8) is 0 Å². The number of halogens is 1. The Kier molecular flexibility index (Phi) is 4.88. The van der Waals surface area contributed by atoms with Crippen molar-refractivity contribution in [2.75, 3.05) is 6.61 Å². The molecule has 0 fully saturated rings. The molecular formula is C13H13ClO2. The van der Waals surface area contributed by atoms with Crippen molar-refractivity contribution in [2.45, 2.75) is 19.8 Å². The number of hydrogen-bond acceptors (Lipinski definition) is 2. The minimum absolute atomic E-state index is 0.0607. The Bertz CT molecular complexity index is 418. The van der Waals surface area contributed by atoms with Crippen LogP contribution in [0.2, 0.25) is 5.02 Å². The molecule has 0 aliphatic carbocycles. The summed E-state index contributed by atoms with van der Waals surface area (Å²) >= 11 is 5.81. The van der Waals surface area contributed by atoms with Gasteiger partial charge in [-0.3, -0.25) is 4.79 Å². The number of carbonyl (C=O) groups is 1. The molecule has 0 spiro atoms. The molecule has 0 aromatic heterocycles. The minimum atomic E-state index is -0.0607. The van der Waals surface area contributed by atoms with E-state index in [4.69, 9.17) is 22.8 Å². The average molecular weight is 237 g/mol. The van der Waals surface area contributed by atoms with E-state index in [0.717, 1.165) is 6.42 Å². The number of ether oxygens (including phenoxy) is 1. The second kappa shape index (κ2) is 6.19. The zero-order chi connectivity index (χ0) is 12.0. The maximum Gasteiger partial charge on any atom is 0.163 e. The Hall–Kier alpha value is -1.46. The summed E-state index contributed by atoms with van der Waals surface area (Å²) in [5, 5.41) is 0.529. The van der Waals surface area contributed by atoms with Gasteiger partial charge in [-0.2, -0.15) is 0 Å². The van der Waals surface area contributed by atoms with E-state index in [-0.39, 0.29) is 5.78 Å². The van der Waals surface area contributed by atoms with Gasteiger partial charge in [0.2, 0.25) is 0 Å². The molecule has 84 valence electrons. The largest absolute Gasteiger partial charge is 0.493 e. The van der Waals surface area contributed by atoms with E-state index in [0.29, 0.717) is 29.4 Å². The molecular weight excluding hydrogens is 224 g/mol. The van der Waals surface area contributed by atoms with Crippen molar-refractivity contribution < 1.29 is 9.53 Å². The first-order valence-corrected chi connectivity index (χ1v) is 5.39. The molecule has 0 aliphatic rings. The van der Waals surface area contributed by atoms with Gasteiger partial charge >= 0.3 is 0 Å². The summed E-state index contributed by atoms with van der Waals surface area (Å²) in [4.78, 5) is 11.3. The van der Waals surface area contributed by atoms with Crippen molar-refractivity contribution in [1.82, 2.24) is 0 Å². The SMILES string of the molecule is C#CCCCOc1ccc(Cl)cc1C(C)=O. The Balaban J connectivity index is 2.72. The number of Topliss-reactive ketones (excluding diaryl/α,β-unsaturated/α-hetero) is 1. The lowest BCUT2D eigenvalue weighted by atomic mass is 10.1. The van der Waals surface area contributed by atoms with E-state index < -0.39 is 0 Å². The summed E-state index contributed by atoms with van der Waals surface area (Å²) < 4.78 is 5.48. The Morgan fingerprint density at radius 3 is 2.94 bits per heavy atom. The third-order valence-corrected chi connectivity index (χ3v) is 2.28. The van der Waals surface area contributed by atoms with E-state index in [9.17, 15) is 4.79 Å². The van der Waals surface area contributed by atoms with Crippen molar-refractivity contribution >= 4 is 17.4 Å². The lowest BCUT2D eigenvalue weighted by molar-refractivity contribution is 0.101. The molecule has 1 aromatic rings. The van der Waals surface area contributed by atoms with Crippen LogP contribution in [-0.2, 0) is 0 Å². The number of carbonyl (C=O) groups excluding carboxylic acids is 1. The zero-order valence-electron chi connectivity index (χ0n) is 9.13. The van der Waals surface area contributed by atoms with Crippen molar-refractivity contribution in [3.05, 3.63) is 28.8 Å². The molecule has 2 nitrogen and oxygen atoms in total. The highest BCUT2D eigenvalue weighted by molar-refractivity contribution is 6.31. The number of rotatable bonds is 5. The van der Waals surface area contributed by atoms with Crippen LogP contribution in [0.1, 0.15) is 30.1 Å². The third kappa shape index (κ3) is 3.60. The van der Waals surface area contributed by atoms with Gasteiger partial charge in [0, 0.05) is 11.4 Å². The van der Waals surface area contributed by atoms with Crippen molar-refractivity contribution in [3.8, 4) is 18.1 Å². The van der Waals surface area contributed by atoms with Gasteiger partial charge < -0.3 is 4.74 Å². The van der Waals surface area contributed by atoms with Crippen LogP contribution in [-0.4, -0.2) is 12.4 Å².